The third-order valence-electron chi connectivity index (χ3n) is 3.61. The van der Waals surface area contributed by atoms with Crippen molar-refractivity contribution in [3.63, 3.8) is 0 Å². The highest BCUT2D eigenvalue weighted by Crippen LogP contribution is 2.22. The van der Waals surface area contributed by atoms with Gasteiger partial charge in [0.05, 0.1) is 34.4 Å². The molecule has 3 rings (SSSR count). The molecule has 134 valence electrons. The van der Waals surface area contributed by atoms with Crippen molar-refractivity contribution in [1.29, 1.82) is 5.26 Å². The zero-order valence-corrected chi connectivity index (χ0v) is 13.6. The lowest BCUT2D eigenvalue weighted by Gasteiger charge is -2.10. The van der Waals surface area contributed by atoms with Gasteiger partial charge in [-0.05, 0) is 30.3 Å². The molecule has 0 aliphatic rings. The Bertz CT molecular complexity index is 1060. The smallest absolute Gasteiger partial charge is 0.257 e. The Hall–Kier alpha value is -3.86. The van der Waals surface area contributed by atoms with Crippen LogP contribution in [-0.2, 0) is 0 Å². The van der Waals surface area contributed by atoms with E-state index in [-0.39, 0.29) is 5.56 Å². The second-order valence-corrected chi connectivity index (χ2v) is 5.42. The van der Waals surface area contributed by atoms with Crippen molar-refractivity contribution < 1.29 is 18.0 Å². The second-order valence-electron chi connectivity index (χ2n) is 5.42. The summed E-state index contributed by atoms with van der Waals surface area (Å²) in [6, 6.07) is 11.8. The van der Waals surface area contributed by atoms with Gasteiger partial charge in [0.15, 0.2) is 17.5 Å². The van der Waals surface area contributed by atoms with Gasteiger partial charge in [-0.15, -0.1) is 0 Å². The Kier molecular flexibility index (Phi) is 5.04. The molecule has 0 aliphatic heterocycles. The summed E-state index contributed by atoms with van der Waals surface area (Å²) in [5, 5.41) is 14.2. The Balaban J connectivity index is 1.82. The van der Waals surface area contributed by atoms with Gasteiger partial charge in [0.1, 0.15) is 6.07 Å². The van der Waals surface area contributed by atoms with Crippen molar-refractivity contribution in [2.75, 3.05) is 10.6 Å². The zero-order valence-electron chi connectivity index (χ0n) is 13.6. The Labute approximate surface area is 152 Å². The van der Waals surface area contributed by atoms with E-state index in [0.29, 0.717) is 23.0 Å². The molecule has 3 aromatic rings. The molecule has 0 fully saturated rings. The van der Waals surface area contributed by atoms with Gasteiger partial charge >= 0.3 is 0 Å². The highest BCUT2D eigenvalue weighted by Gasteiger charge is 2.16. The molecular formula is C19H11F3N4O. The maximum atomic E-state index is 13.7. The number of nitriles is 1. The van der Waals surface area contributed by atoms with Crippen LogP contribution < -0.4 is 10.6 Å². The van der Waals surface area contributed by atoms with Crippen molar-refractivity contribution in [3.05, 3.63) is 83.4 Å². The molecule has 27 heavy (non-hydrogen) atoms. The highest BCUT2D eigenvalue weighted by molar-refractivity contribution is 6.04. The average Bonchev–Trinajstić information content (AvgIpc) is 2.69. The summed E-state index contributed by atoms with van der Waals surface area (Å²) in [6.07, 6.45) is 2.66. The van der Waals surface area contributed by atoms with Crippen molar-refractivity contribution in [2.24, 2.45) is 0 Å². The quantitative estimate of drug-likeness (QED) is 0.671. The molecule has 8 heteroatoms. The van der Waals surface area contributed by atoms with E-state index in [2.05, 4.69) is 15.6 Å². The number of hydrogen-bond donors (Lipinski definition) is 2. The third-order valence-corrected chi connectivity index (χ3v) is 3.61. The molecule has 0 saturated heterocycles. The third kappa shape index (κ3) is 3.88. The predicted octanol–water partition coefficient (Wildman–Crippen LogP) is 4.37. The normalized spacial score (nSPS) is 10.1. The van der Waals surface area contributed by atoms with Crippen LogP contribution in [0.1, 0.15) is 15.9 Å². The first-order valence-corrected chi connectivity index (χ1v) is 7.65. The van der Waals surface area contributed by atoms with Crippen LogP contribution in [0.5, 0.6) is 0 Å². The number of nitrogens with zero attached hydrogens (tertiary/aromatic N) is 2. The summed E-state index contributed by atoms with van der Waals surface area (Å²) >= 11 is 0. The topological polar surface area (TPSA) is 77.8 Å². The Morgan fingerprint density at radius 2 is 1.78 bits per heavy atom. The van der Waals surface area contributed by atoms with Gasteiger partial charge < -0.3 is 10.6 Å². The lowest BCUT2D eigenvalue weighted by Crippen LogP contribution is -2.14. The van der Waals surface area contributed by atoms with Gasteiger partial charge in [0.25, 0.3) is 5.91 Å². The van der Waals surface area contributed by atoms with Crippen LogP contribution in [0.15, 0.2) is 54.9 Å². The molecule has 2 aromatic carbocycles. The fraction of sp³-hybridized carbons (Fsp3) is 0. The van der Waals surface area contributed by atoms with Gasteiger partial charge in [-0.2, -0.15) is 5.26 Å². The number of halogens is 3. The summed E-state index contributed by atoms with van der Waals surface area (Å²) in [5.74, 6) is -5.28. The Morgan fingerprint density at radius 1 is 1.00 bits per heavy atom. The van der Waals surface area contributed by atoms with Crippen LogP contribution in [0, 0.1) is 28.8 Å². The molecular weight excluding hydrogens is 357 g/mol. The number of para-hydroxylation sites is 1. The lowest BCUT2D eigenvalue weighted by atomic mass is 10.2. The monoisotopic (exact) mass is 368 g/mol. The average molecular weight is 368 g/mol. The van der Waals surface area contributed by atoms with E-state index in [4.69, 9.17) is 5.26 Å². The molecule has 5 nitrogen and oxygen atoms in total. The van der Waals surface area contributed by atoms with Gasteiger partial charge in [-0.1, -0.05) is 12.1 Å². The number of carbonyl (C=O) groups excluding carboxylic acids is 1. The van der Waals surface area contributed by atoms with Gasteiger partial charge in [-0.3, -0.25) is 9.78 Å². The van der Waals surface area contributed by atoms with Gasteiger partial charge in [0.2, 0.25) is 0 Å². The molecule has 0 spiro atoms. The summed E-state index contributed by atoms with van der Waals surface area (Å²) < 4.78 is 39.9. The van der Waals surface area contributed by atoms with Crippen molar-refractivity contribution in [3.8, 4) is 6.07 Å². The van der Waals surface area contributed by atoms with Crippen LogP contribution in [0.2, 0.25) is 0 Å². The number of amides is 1. The van der Waals surface area contributed by atoms with Crippen molar-refractivity contribution in [2.45, 2.75) is 0 Å². The number of carbonyl (C=O) groups is 1. The van der Waals surface area contributed by atoms with E-state index in [1.807, 2.05) is 6.07 Å². The summed E-state index contributed by atoms with van der Waals surface area (Å²) in [5.41, 5.74) is 0.893. The molecule has 1 aromatic heterocycles. The standard InChI is InChI=1S/C19H11F3N4O/c20-14-5-6-16(18(22)17(14)21)26-19(27)12-7-13(10-24-9-12)25-15-4-2-1-3-11(15)8-23/h1-7,9-10,25H,(H,26,27). The lowest BCUT2D eigenvalue weighted by molar-refractivity contribution is 0.102. The van der Waals surface area contributed by atoms with E-state index < -0.39 is 29.0 Å². The molecule has 0 bridgehead atoms. The number of anilines is 3. The maximum absolute atomic E-state index is 13.7. The van der Waals surface area contributed by atoms with E-state index in [9.17, 15) is 18.0 Å². The number of hydrogen-bond acceptors (Lipinski definition) is 4. The van der Waals surface area contributed by atoms with Crippen LogP contribution in [0.25, 0.3) is 0 Å². The van der Waals surface area contributed by atoms with Crippen molar-refractivity contribution >= 4 is 23.0 Å². The molecule has 0 radical (unpaired) electrons. The SMILES string of the molecule is N#Cc1ccccc1Nc1cncc(C(=O)Nc2ccc(F)c(F)c2F)c1. The maximum Gasteiger partial charge on any atom is 0.257 e. The highest BCUT2D eigenvalue weighted by atomic mass is 19.2. The van der Waals surface area contributed by atoms with E-state index in [1.165, 1.54) is 18.5 Å². The predicted molar refractivity (Wildman–Crippen MR) is 92.9 cm³/mol. The molecule has 0 unspecified atom stereocenters. The molecule has 1 heterocycles. The van der Waals surface area contributed by atoms with Gasteiger partial charge in [-0.25, -0.2) is 13.2 Å². The zero-order chi connectivity index (χ0) is 19.4. The van der Waals surface area contributed by atoms with Crippen LogP contribution in [0.4, 0.5) is 30.2 Å². The first kappa shape index (κ1) is 17.9. The number of nitrogens with one attached hydrogen (secondary N) is 2. The Morgan fingerprint density at radius 3 is 2.56 bits per heavy atom. The molecule has 0 atom stereocenters. The molecule has 0 saturated carbocycles. The number of pyridine rings is 1. The first-order chi connectivity index (χ1) is 13.0. The second kappa shape index (κ2) is 7.58. The van der Waals surface area contributed by atoms with Crippen LogP contribution in [0.3, 0.4) is 0 Å². The van der Waals surface area contributed by atoms with Crippen molar-refractivity contribution in [1.82, 2.24) is 4.98 Å². The summed E-state index contributed by atoms with van der Waals surface area (Å²) in [6.45, 7) is 0. The fourth-order valence-electron chi connectivity index (χ4n) is 2.29. The minimum Gasteiger partial charge on any atom is -0.353 e. The largest absolute Gasteiger partial charge is 0.353 e. The van der Waals surface area contributed by atoms with E-state index >= 15 is 0 Å². The van der Waals surface area contributed by atoms with Gasteiger partial charge in [0, 0.05) is 6.20 Å². The number of rotatable bonds is 4. The summed E-state index contributed by atoms with van der Waals surface area (Å²) in [7, 11) is 0. The summed E-state index contributed by atoms with van der Waals surface area (Å²) in [4.78, 5) is 16.2. The minimum atomic E-state index is -1.67. The molecule has 0 aliphatic carbocycles. The van der Waals surface area contributed by atoms with E-state index in [1.54, 1.807) is 24.3 Å². The minimum absolute atomic E-state index is 0.0542. The van der Waals surface area contributed by atoms with Crippen LogP contribution in [-0.4, -0.2) is 10.9 Å². The number of aromatic nitrogens is 1. The molecule has 2 N–H and O–H groups in total. The number of benzene rings is 2. The molecule has 1 amide bonds. The first-order valence-electron chi connectivity index (χ1n) is 7.65. The van der Waals surface area contributed by atoms with E-state index in [0.717, 1.165) is 6.07 Å². The fourth-order valence-corrected chi connectivity index (χ4v) is 2.29. The van der Waals surface area contributed by atoms with Crippen LogP contribution >= 0.6 is 0 Å².